The Kier molecular flexibility index (Phi) is 4.91. The standard InChI is InChI=1S/C15H22O3/c1-4-6-12-7-9-13(10-8-12)11(3)15(18,5-2)14(16)17/h7-11,18H,4-6H2,1-3H3,(H,16,17). The van der Waals surface area contributed by atoms with Crippen molar-refractivity contribution in [3.8, 4) is 0 Å². The van der Waals surface area contributed by atoms with Crippen LogP contribution >= 0.6 is 0 Å². The molecular formula is C15H22O3. The first-order chi connectivity index (χ1) is 8.45. The lowest BCUT2D eigenvalue weighted by Gasteiger charge is -2.29. The molecule has 0 aliphatic heterocycles. The molecule has 100 valence electrons. The fraction of sp³-hybridized carbons (Fsp3) is 0.533. The Morgan fingerprint density at radius 3 is 2.22 bits per heavy atom. The zero-order valence-electron chi connectivity index (χ0n) is 11.3. The number of carboxylic acids is 1. The zero-order chi connectivity index (χ0) is 13.8. The van der Waals surface area contributed by atoms with Crippen LogP contribution in [0.1, 0.15) is 50.7 Å². The first-order valence-corrected chi connectivity index (χ1v) is 6.50. The highest BCUT2D eigenvalue weighted by molar-refractivity contribution is 5.78. The van der Waals surface area contributed by atoms with Gasteiger partial charge in [-0.1, -0.05) is 51.5 Å². The minimum Gasteiger partial charge on any atom is -0.479 e. The summed E-state index contributed by atoms with van der Waals surface area (Å²) in [6.45, 7) is 5.57. The Morgan fingerprint density at radius 2 is 1.83 bits per heavy atom. The van der Waals surface area contributed by atoms with Crippen LogP contribution < -0.4 is 0 Å². The first-order valence-electron chi connectivity index (χ1n) is 6.50. The maximum absolute atomic E-state index is 11.2. The van der Waals surface area contributed by atoms with Gasteiger partial charge in [-0.3, -0.25) is 0 Å². The topological polar surface area (TPSA) is 57.5 Å². The molecule has 1 rings (SSSR count). The van der Waals surface area contributed by atoms with E-state index in [0.29, 0.717) is 0 Å². The number of benzene rings is 1. The van der Waals surface area contributed by atoms with Crippen molar-refractivity contribution >= 4 is 5.97 Å². The highest BCUT2D eigenvalue weighted by Crippen LogP contribution is 2.31. The molecule has 3 nitrogen and oxygen atoms in total. The quantitative estimate of drug-likeness (QED) is 0.816. The predicted octanol–water partition coefficient (Wildman–Crippen LogP) is 2.97. The van der Waals surface area contributed by atoms with Crippen molar-refractivity contribution in [2.24, 2.45) is 0 Å². The number of aliphatic hydroxyl groups is 1. The van der Waals surface area contributed by atoms with Gasteiger partial charge in [-0.2, -0.15) is 0 Å². The summed E-state index contributed by atoms with van der Waals surface area (Å²) in [5, 5.41) is 19.3. The minimum atomic E-state index is -1.69. The average Bonchev–Trinajstić information content (AvgIpc) is 2.38. The normalized spacial score (nSPS) is 16.0. The number of hydrogen-bond acceptors (Lipinski definition) is 2. The highest BCUT2D eigenvalue weighted by atomic mass is 16.4. The van der Waals surface area contributed by atoms with Crippen LogP contribution in [-0.4, -0.2) is 21.8 Å². The monoisotopic (exact) mass is 250 g/mol. The van der Waals surface area contributed by atoms with Gasteiger partial charge in [-0.15, -0.1) is 0 Å². The number of rotatable bonds is 6. The molecule has 0 bridgehead atoms. The molecule has 2 atom stereocenters. The van der Waals surface area contributed by atoms with Crippen molar-refractivity contribution < 1.29 is 15.0 Å². The van der Waals surface area contributed by atoms with Gasteiger partial charge in [0.25, 0.3) is 0 Å². The largest absolute Gasteiger partial charge is 0.479 e. The van der Waals surface area contributed by atoms with Crippen LogP contribution in [0.3, 0.4) is 0 Å². The molecule has 0 aromatic heterocycles. The molecule has 0 heterocycles. The van der Waals surface area contributed by atoms with Gasteiger partial charge in [0.1, 0.15) is 0 Å². The lowest BCUT2D eigenvalue weighted by atomic mass is 9.81. The second kappa shape index (κ2) is 6.01. The van der Waals surface area contributed by atoms with Crippen molar-refractivity contribution in [3.05, 3.63) is 35.4 Å². The van der Waals surface area contributed by atoms with Crippen molar-refractivity contribution in [2.75, 3.05) is 0 Å². The van der Waals surface area contributed by atoms with E-state index >= 15 is 0 Å². The summed E-state index contributed by atoms with van der Waals surface area (Å²) < 4.78 is 0. The van der Waals surface area contributed by atoms with Crippen molar-refractivity contribution in [1.82, 2.24) is 0 Å². The maximum Gasteiger partial charge on any atom is 0.336 e. The summed E-state index contributed by atoms with van der Waals surface area (Å²) >= 11 is 0. The number of aryl methyl sites for hydroxylation is 1. The molecule has 0 saturated carbocycles. The lowest BCUT2D eigenvalue weighted by molar-refractivity contribution is -0.161. The van der Waals surface area contributed by atoms with Gasteiger partial charge in [-0.05, 0) is 24.0 Å². The molecule has 0 saturated heterocycles. The van der Waals surface area contributed by atoms with E-state index in [1.807, 2.05) is 24.3 Å². The number of carboxylic acid groups (broad SMARTS) is 1. The summed E-state index contributed by atoms with van der Waals surface area (Å²) in [5.41, 5.74) is 0.414. The molecule has 0 fully saturated rings. The zero-order valence-corrected chi connectivity index (χ0v) is 11.3. The fourth-order valence-electron chi connectivity index (χ4n) is 2.18. The molecule has 0 radical (unpaired) electrons. The first kappa shape index (κ1) is 14.7. The Balaban J connectivity index is 2.95. The highest BCUT2D eigenvalue weighted by Gasteiger charge is 2.40. The Morgan fingerprint density at radius 1 is 1.28 bits per heavy atom. The van der Waals surface area contributed by atoms with Crippen LogP contribution in [0.4, 0.5) is 0 Å². The van der Waals surface area contributed by atoms with E-state index in [4.69, 9.17) is 5.11 Å². The van der Waals surface area contributed by atoms with Gasteiger partial charge in [0.15, 0.2) is 5.60 Å². The summed E-state index contributed by atoms with van der Waals surface area (Å²) in [4.78, 5) is 11.2. The van der Waals surface area contributed by atoms with Gasteiger partial charge in [-0.25, -0.2) is 4.79 Å². The Labute approximate surface area is 108 Å². The number of hydrogen-bond donors (Lipinski definition) is 2. The van der Waals surface area contributed by atoms with Gasteiger partial charge in [0.2, 0.25) is 0 Å². The lowest BCUT2D eigenvalue weighted by Crippen LogP contribution is -2.42. The second-order valence-electron chi connectivity index (χ2n) is 4.80. The third-order valence-electron chi connectivity index (χ3n) is 3.64. The smallest absolute Gasteiger partial charge is 0.336 e. The summed E-state index contributed by atoms with van der Waals surface area (Å²) in [5.74, 6) is -1.58. The third-order valence-corrected chi connectivity index (χ3v) is 3.64. The molecule has 0 amide bonds. The maximum atomic E-state index is 11.2. The second-order valence-corrected chi connectivity index (χ2v) is 4.80. The average molecular weight is 250 g/mol. The number of carbonyl (C=O) groups is 1. The summed E-state index contributed by atoms with van der Waals surface area (Å²) in [6, 6.07) is 7.85. The molecule has 1 aromatic rings. The molecular weight excluding hydrogens is 228 g/mol. The van der Waals surface area contributed by atoms with Crippen LogP contribution in [-0.2, 0) is 11.2 Å². The summed E-state index contributed by atoms with van der Waals surface area (Å²) in [6.07, 6.45) is 2.30. The molecule has 0 aliphatic rings. The molecule has 2 unspecified atom stereocenters. The molecule has 0 aliphatic carbocycles. The van der Waals surface area contributed by atoms with E-state index in [0.717, 1.165) is 18.4 Å². The SMILES string of the molecule is CCCc1ccc(C(C)C(O)(CC)C(=O)O)cc1. The van der Waals surface area contributed by atoms with Gasteiger partial charge < -0.3 is 10.2 Å². The van der Waals surface area contributed by atoms with E-state index in [1.165, 1.54) is 5.56 Å². The van der Waals surface area contributed by atoms with E-state index in [1.54, 1.807) is 13.8 Å². The van der Waals surface area contributed by atoms with E-state index in [-0.39, 0.29) is 6.42 Å². The molecule has 0 spiro atoms. The van der Waals surface area contributed by atoms with Gasteiger partial charge >= 0.3 is 5.97 Å². The molecule has 3 heteroatoms. The van der Waals surface area contributed by atoms with Crippen LogP contribution in [0.2, 0.25) is 0 Å². The fourth-order valence-corrected chi connectivity index (χ4v) is 2.18. The van der Waals surface area contributed by atoms with Crippen molar-refractivity contribution in [1.29, 1.82) is 0 Å². The van der Waals surface area contributed by atoms with E-state index < -0.39 is 17.5 Å². The molecule has 18 heavy (non-hydrogen) atoms. The van der Waals surface area contributed by atoms with E-state index in [9.17, 15) is 9.90 Å². The molecule has 2 N–H and O–H groups in total. The van der Waals surface area contributed by atoms with Crippen LogP contribution in [0.25, 0.3) is 0 Å². The Bertz CT molecular complexity index is 397. The van der Waals surface area contributed by atoms with Crippen molar-refractivity contribution in [2.45, 2.75) is 51.6 Å². The van der Waals surface area contributed by atoms with Crippen LogP contribution in [0.5, 0.6) is 0 Å². The van der Waals surface area contributed by atoms with Gasteiger partial charge in [0.05, 0.1) is 0 Å². The number of aliphatic carboxylic acids is 1. The van der Waals surface area contributed by atoms with Crippen molar-refractivity contribution in [3.63, 3.8) is 0 Å². The third kappa shape index (κ3) is 2.91. The predicted molar refractivity (Wildman–Crippen MR) is 71.7 cm³/mol. The van der Waals surface area contributed by atoms with Crippen LogP contribution in [0, 0.1) is 0 Å². The summed E-state index contributed by atoms with van der Waals surface area (Å²) in [7, 11) is 0. The molecule has 1 aromatic carbocycles. The van der Waals surface area contributed by atoms with Gasteiger partial charge in [0, 0.05) is 5.92 Å². The Hall–Kier alpha value is -1.35. The minimum absolute atomic E-state index is 0.195. The van der Waals surface area contributed by atoms with Crippen LogP contribution in [0.15, 0.2) is 24.3 Å². The van der Waals surface area contributed by atoms with E-state index in [2.05, 4.69) is 6.92 Å².